The SMILES string of the molecule is CC(C)(C)N(CC(=O)N1CCC(CCn2cnc(=N)c3[nH]c(Sc4cc5c(cc4Br)OCO5)nc32)CC1)C(=O)O. The van der Waals surface area contributed by atoms with E-state index in [4.69, 9.17) is 19.9 Å². The Morgan fingerprint density at radius 2 is 1.95 bits per heavy atom. The number of halogens is 1. The minimum absolute atomic E-state index is 0.132. The van der Waals surface area contributed by atoms with Crippen LogP contribution in [0.4, 0.5) is 4.79 Å². The predicted octanol–water partition coefficient (Wildman–Crippen LogP) is 4.29. The summed E-state index contributed by atoms with van der Waals surface area (Å²) in [6, 6.07) is 3.77. The number of amides is 2. The number of nitrogens with zero attached hydrogens (tertiary/aromatic N) is 5. The monoisotopic (exact) mass is 633 g/mol. The van der Waals surface area contributed by atoms with Gasteiger partial charge in [-0.15, -0.1) is 0 Å². The van der Waals surface area contributed by atoms with Gasteiger partial charge in [-0.25, -0.2) is 14.8 Å². The molecule has 214 valence electrons. The number of carbonyl (C=O) groups is 2. The predicted molar refractivity (Wildman–Crippen MR) is 151 cm³/mol. The van der Waals surface area contributed by atoms with Gasteiger partial charge in [0, 0.05) is 34.5 Å². The second kappa shape index (κ2) is 11.3. The van der Waals surface area contributed by atoms with Crippen LogP contribution in [0, 0.1) is 11.3 Å². The van der Waals surface area contributed by atoms with E-state index in [0.717, 1.165) is 28.6 Å². The van der Waals surface area contributed by atoms with E-state index in [-0.39, 0.29) is 24.7 Å². The zero-order valence-corrected chi connectivity index (χ0v) is 25.0. The molecule has 0 atom stereocenters. The number of nitrogens with one attached hydrogen (secondary N) is 2. The van der Waals surface area contributed by atoms with Gasteiger partial charge in [-0.3, -0.25) is 15.1 Å². The maximum absolute atomic E-state index is 12.8. The number of likely N-dealkylation sites (tertiary alicyclic amines) is 1. The molecule has 1 aromatic carbocycles. The van der Waals surface area contributed by atoms with Crippen LogP contribution in [-0.4, -0.2) is 78.4 Å². The average Bonchev–Trinajstić information content (AvgIpc) is 3.53. The number of ether oxygens (including phenoxy) is 2. The molecule has 2 amide bonds. The molecule has 0 unspecified atom stereocenters. The molecule has 0 aliphatic carbocycles. The highest BCUT2D eigenvalue weighted by Crippen LogP contribution is 2.42. The molecule has 2 aromatic heterocycles. The van der Waals surface area contributed by atoms with Gasteiger partial charge in [0.05, 0.1) is 6.33 Å². The van der Waals surface area contributed by atoms with Crippen molar-refractivity contribution < 1.29 is 24.2 Å². The molecule has 2 aliphatic rings. The third-order valence-corrected chi connectivity index (χ3v) is 9.07. The molecular weight excluding hydrogens is 602 g/mol. The van der Waals surface area contributed by atoms with Crippen LogP contribution in [0.25, 0.3) is 11.2 Å². The Kier molecular flexibility index (Phi) is 8.00. The van der Waals surface area contributed by atoms with Gasteiger partial charge in [0.1, 0.15) is 12.1 Å². The Bertz CT molecular complexity index is 1490. The zero-order chi connectivity index (χ0) is 28.6. The van der Waals surface area contributed by atoms with Crippen molar-refractivity contribution >= 4 is 50.9 Å². The van der Waals surface area contributed by atoms with Gasteiger partial charge >= 0.3 is 6.09 Å². The van der Waals surface area contributed by atoms with Gasteiger partial charge in [0.15, 0.2) is 27.8 Å². The second-order valence-corrected chi connectivity index (χ2v) is 12.8. The topological polar surface area (TPSA) is 150 Å². The number of hydrogen-bond donors (Lipinski definition) is 3. The van der Waals surface area contributed by atoms with Gasteiger partial charge in [0.25, 0.3) is 0 Å². The molecular formula is C26H32BrN7O5S. The maximum Gasteiger partial charge on any atom is 0.408 e. The van der Waals surface area contributed by atoms with Gasteiger partial charge in [0.2, 0.25) is 12.7 Å². The summed E-state index contributed by atoms with van der Waals surface area (Å²) >= 11 is 5.01. The summed E-state index contributed by atoms with van der Waals surface area (Å²) in [6.07, 6.45) is 3.15. The molecule has 40 heavy (non-hydrogen) atoms. The van der Waals surface area contributed by atoms with Crippen LogP contribution in [0.3, 0.4) is 0 Å². The van der Waals surface area contributed by atoms with E-state index in [9.17, 15) is 14.7 Å². The lowest BCUT2D eigenvalue weighted by Gasteiger charge is -2.36. The number of imidazole rings is 1. The van der Waals surface area contributed by atoms with Crippen molar-refractivity contribution in [3.8, 4) is 11.5 Å². The minimum Gasteiger partial charge on any atom is -0.465 e. The van der Waals surface area contributed by atoms with E-state index in [1.54, 1.807) is 32.0 Å². The number of rotatable bonds is 7. The summed E-state index contributed by atoms with van der Waals surface area (Å²) in [4.78, 5) is 40.5. The fourth-order valence-corrected chi connectivity index (χ4v) is 6.26. The first kappa shape index (κ1) is 28.3. The molecule has 2 aliphatic heterocycles. The van der Waals surface area contributed by atoms with Crippen molar-refractivity contribution in [1.29, 1.82) is 5.41 Å². The highest BCUT2D eigenvalue weighted by atomic mass is 79.9. The molecule has 0 spiro atoms. The summed E-state index contributed by atoms with van der Waals surface area (Å²) in [5, 5.41) is 18.4. The number of fused-ring (bicyclic) bond motifs is 2. The third-order valence-electron chi connectivity index (χ3n) is 7.21. The largest absolute Gasteiger partial charge is 0.465 e. The highest BCUT2D eigenvalue weighted by molar-refractivity contribution is 9.10. The first-order chi connectivity index (χ1) is 19.0. The standard InChI is InChI=1S/C26H32BrN7O5S/c1-26(2,3)34(25(36)37)12-20(35)32-7-4-15(5-8-32)6-9-33-13-29-22(28)21-23(33)31-24(30-21)40-19-11-18-17(10-16(19)27)38-14-39-18/h10-11,13,15,28H,4-9,12,14H2,1-3H3,(H,30,31)(H,36,37). The minimum atomic E-state index is -1.09. The summed E-state index contributed by atoms with van der Waals surface area (Å²) in [5.41, 5.74) is 0.733. The van der Waals surface area contributed by atoms with Gasteiger partial charge in [-0.05, 0) is 74.0 Å². The van der Waals surface area contributed by atoms with Crippen molar-refractivity contribution in [2.75, 3.05) is 26.4 Å². The summed E-state index contributed by atoms with van der Waals surface area (Å²) in [5.74, 6) is 1.63. The quantitative estimate of drug-likeness (QED) is 0.349. The number of carbonyl (C=O) groups excluding carboxylic acids is 1. The van der Waals surface area contributed by atoms with Crippen LogP contribution in [0.2, 0.25) is 0 Å². The number of H-pyrrole nitrogens is 1. The van der Waals surface area contributed by atoms with E-state index in [0.29, 0.717) is 53.4 Å². The Morgan fingerprint density at radius 3 is 2.62 bits per heavy atom. The number of benzene rings is 1. The molecule has 5 rings (SSSR count). The molecule has 1 fully saturated rings. The lowest BCUT2D eigenvalue weighted by molar-refractivity contribution is -0.134. The van der Waals surface area contributed by atoms with Crippen molar-refractivity contribution in [2.45, 2.75) is 62.2 Å². The second-order valence-electron chi connectivity index (χ2n) is 10.9. The summed E-state index contributed by atoms with van der Waals surface area (Å²) in [6.45, 7) is 7.33. The zero-order valence-electron chi connectivity index (χ0n) is 22.6. The molecule has 12 nitrogen and oxygen atoms in total. The molecule has 4 heterocycles. The van der Waals surface area contributed by atoms with Crippen molar-refractivity contribution in [3.63, 3.8) is 0 Å². The molecule has 0 radical (unpaired) electrons. The number of aromatic amines is 1. The lowest BCUT2D eigenvalue weighted by Crippen LogP contribution is -2.51. The Balaban J connectivity index is 1.21. The first-order valence-electron chi connectivity index (χ1n) is 13.0. The molecule has 14 heteroatoms. The summed E-state index contributed by atoms with van der Waals surface area (Å²) < 4.78 is 13.8. The number of aryl methyl sites for hydroxylation is 1. The first-order valence-corrected chi connectivity index (χ1v) is 14.7. The molecule has 3 aromatic rings. The maximum atomic E-state index is 12.8. The van der Waals surface area contributed by atoms with E-state index in [2.05, 4.69) is 25.9 Å². The van der Waals surface area contributed by atoms with E-state index in [1.807, 2.05) is 16.7 Å². The highest BCUT2D eigenvalue weighted by Gasteiger charge is 2.31. The molecule has 3 N–H and O–H groups in total. The van der Waals surface area contributed by atoms with E-state index >= 15 is 0 Å². The van der Waals surface area contributed by atoms with Crippen LogP contribution >= 0.6 is 27.7 Å². The fraction of sp³-hybridized carbons (Fsp3) is 0.500. The van der Waals surface area contributed by atoms with E-state index in [1.165, 1.54) is 16.7 Å². The number of piperidine rings is 1. The Morgan fingerprint density at radius 1 is 1.25 bits per heavy atom. The lowest BCUT2D eigenvalue weighted by atomic mass is 9.93. The summed E-state index contributed by atoms with van der Waals surface area (Å²) in [7, 11) is 0. The normalized spacial score (nSPS) is 15.6. The van der Waals surface area contributed by atoms with Crippen molar-refractivity contribution in [3.05, 3.63) is 28.4 Å². The number of carboxylic acid groups (broad SMARTS) is 1. The molecule has 0 saturated carbocycles. The van der Waals surface area contributed by atoms with Crippen molar-refractivity contribution in [2.24, 2.45) is 5.92 Å². The number of aromatic nitrogens is 4. The smallest absolute Gasteiger partial charge is 0.408 e. The van der Waals surface area contributed by atoms with Crippen LogP contribution in [-0.2, 0) is 11.3 Å². The van der Waals surface area contributed by atoms with Crippen LogP contribution in [0.5, 0.6) is 11.5 Å². The van der Waals surface area contributed by atoms with Crippen LogP contribution in [0.15, 0.2) is 33.0 Å². The van der Waals surface area contributed by atoms with Gasteiger partial charge < -0.3 is 29.0 Å². The van der Waals surface area contributed by atoms with Gasteiger partial charge in [-0.1, -0.05) is 11.8 Å². The average molecular weight is 635 g/mol. The van der Waals surface area contributed by atoms with Crippen LogP contribution in [0.1, 0.15) is 40.0 Å². The van der Waals surface area contributed by atoms with Gasteiger partial charge in [-0.2, -0.15) is 0 Å². The Hall–Kier alpha value is -3.26. The Labute approximate surface area is 243 Å². The molecule has 0 bridgehead atoms. The van der Waals surface area contributed by atoms with Crippen LogP contribution < -0.4 is 15.0 Å². The van der Waals surface area contributed by atoms with E-state index < -0.39 is 11.6 Å². The third kappa shape index (κ3) is 6.07. The van der Waals surface area contributed by atoms with Crippen molar-refractivity contribution in [1.82, 2.24) is 29.3 Å². The number of hydrogen-bond acceptors (Lipinski definition) is 8. The fourth-order valence-electron chi connectivity index (χ4n) is 4.88. The molecule has 1 saturated heterocycles.